The summed E-state index contributed by atoms with van der Waals surface area (Å²) in [4.78, 5) is 23.8. The van der Waals surface area contributed by atoms with Crippen LogP contribution in [0.4, 0.5) is 11.4 Å². The van der Waals surface area contributed by atoms with Gasteiger partial charge >= 0.3 is 0 Å². The first-order valence-corrected chi connectivity index (χ1v) is 13.6. The number of benzene rings is 1. The van der Waals surface area contributed by atoms with Gasteiger partial charge in [0.25, 0.3) is 0 Å². The van der Waals surface area contributed by atoms with Crippen molar-refractivity contribution in [3.63, 3.8) is 0 Å². The van der Waals surface area contributed by atoms with E-state index in [0.29, 0.717) is 16.5 Å². The van der Waals surface area contributed by atoms with Gasteiger partial charge in [-0.1, -0.05) is 26.8 Å². The van der Waals surface area contributed by atoms with Gasteiger partial charge in [0.15, 0.2) is 5.11 Å². The number of hydrogen-bond acceptors (Lipinski definition) is 5. The summed E-state index contributed by atoms with van der Waals surface area (Å²) in [5, 5.41) is 7.11. The van der Waals surface area contributed by atoms with Gasteiger partial charge in [0.2, 0.25) is 5.91 Å². The number of amides is 1. The minimum atomic E-state index is -0.540. The molecule has 1 aliphatic rings. The topological polar surface area (TPSA) is 84.3 Å². The highest BCUT2D eigenvalue weighted by atomic mass is 32.1. The molecule has 4 heterocycles. The minimum absolute atomic E-state index is 0.0900. The number of methoxy groups -OCH3 is 1. The number of rotatable bonds is 6. The number of aryl methyl sites for hydroxylation is 1. The van der Waals surface area contributed by atoms with Crippen molar-refractivity contribution in [2.75, 3.05) is 17.3 Å². The summed E-state index contributed by atoms with van der Waals surface area (Å²) < 4.78 is 7.93. The molecule has 3 aromatic heterocycles. The SMILES string of the molecule is COc1cc(N2C(=S)N[C@H](c3ccccn3)[C@@H]2c2cc(C)n(-c3cccnc3)c2C)ccc1NC(=O)C(C)(C)C. The van der Waals surface area contributed by atoms with Gasteiger partial charge in [-0.25, -0.2) is 0 Å². The molecule has 5 rings (SSSR count). The highest BCUT2D eigenvalue weighted by Gasteiger charge is 2.42. The van der Waals surface area contributed by atoms with Crippen molar-refractivity contribution in [3.8, 4) is 11.4 Å². The number of pyridine rings is 2. The average molecular weight is 555 g/mol. The molecule has 1 saturated heterocycles. The predicted octanol–water partition coefficient (Wildman–Crippen LogP) is 6.05. The van der Waals surface area contributed by atoms with Crippen LogP contribution in [0.2, 0.25) is 0 Å². The van der Waals surface area contributed by atoms with E-state index in [0.717, 1.165) is 34.0 Å². The quantitative estimate of drug-likeness (QED) is 0.281. The molecule has 0 unspecified atom stereocenters. The minimum Gasteiger partial charge on any atom is -0.494 e. The fraction of sp³-hybridized carbons (Fsp3) is 0.290. The van der Waals surface area contributed by atoms with E-state index in [9.17, 15) is 4.79 Å². The summed E-state index contributed by atoms with van der Waals surface area (Å²) in [5.41, 5.74) is 6.11. The van der Waals surface area contributed by atoms with Gasteiger partial charge in [-0.3, -0.25) is 14.8 Å². The molecule has 0 aliphatic carbocycles. The molecule has 0 saturated carbocycles. The Morgan fingerprint density at radius 2 is 1.85 bits per heavy atom. The van der Waals surface area contributed by atoms with Gasteiger partial charge in [-0.2, -0.15) is 0 Å². The monoisotopic (exact) mass is 554 g/mol. The highest BCUT2D eigenvalue weighted by molar-refractivity contribution is 7.80. The largest absolute Gasteiger partial charge is 0.494 e. The van der Waals surface area contributed by atoms with Crippen molar-refractivity contribution in [2.45, 2.75) is 46.7 Å². The first-order chi connectivity index (χ1) is 19.1. The number of aromatic nitrogens is 3. The standard InChI is InChI=1S/C31H34N6O2S/c1-19-16-23(20(2)36(19)22-10-9-14-32-18-22)28-27(25-11-7-8-15-33-25)35-30(40)37(28)21-12-13-24(26(17-21)39-6)34-29(38)31(3,4)5/h7-18,27-28H,1-6H3,(H,34,38)(H,35,40)/t27-,28+/m1/s1. The van der Waals surface area contributed by atoms with E-state index in [1.165, 1.54) is 0 Å². The third-order valence-corrected chi connectivity index (χ3v) is 7.50. The van der Waals surface area contributed by atoms with Crippen molar-refractivity contribution < 1.29 is 9.53 Å². The van der Waals surface area contributed by atoms with Crippen molar-refractivity contribution in [2.24, 2.45) is 5.41 Å². The molecule has 2 N–H and O–H groups in total. The maximum Gasteiger partial charge on any atom is 0.229 e. The maximum absolute atomic E-state index is 12.7. The van der Waals surface area contributed by atoms with Gasteiger partial charge in [0, 0.05) is 41.0 Å². The molecule has 8 nitrogen and oxygen atoms in total. The van der Waals surface area contributed by atoms with Crippen molar-refractivity contribution in [3.05, 3.63) is 95.8 Å². The molecular formula is C31H34N6O2S. The second kappa shape index (κ2) is 10.7. The lowest BCUT2D eigenvalue weighted by molar-refractivity contribution is -0.123. The van der Waals surface area contributed by atoms with E-state index >= 15 is 0 Å². The van der Waals surface area contributed by atoms with Gasteiger partial charge in [0.05, 0.1) is 42.5 Å². The third kappa shape index (κ3) is 5.04. The summed E-state index contributed by atoms with van der Waals surface area (Å²) in [7, 11) is 1.60. The van der Waals surface area contributed by atoms with Crippen LogP contribution in [0.3, 0.4) is 0 Å². The molecule has 0 bridgehead atoms. The van der Waals surface area contributed by atoms with Gasteiger partial charge < -0.3 is 24.8 Å². The third-order valence-electron chi connectivity index (χ3n) is 7.18. The molecular weight excluding hydrogens is 520 g/mol. The molecule has 2 atom stereocenters. The van der Waals surface area contributed by atoms with Crippen LogP contribution < -0.4 is 20.3 Å². The second-order valence-corrected chi connectivity index (χ2v) is 11.3. The number of carbonyl (C=O) groups is 1. The average Bonchev–Trinajstić information content (AvgIpc) is 3.44. The van der Waals surface area contributed by atoms with E-state index in [1.54, 1.807) is 19.5 Å². The number of nitrogens with zero attached hydrogens (tertiary/aromatic N) is 4. The molecule has 1 amide bonds. The van der Waals surface area contributed by atoms with E-state index in [2.05, 4.69) is 56.0 Å². The molecule has 40 heavy (non-hydrogen) atoms. The molecule has 4 aromatic rings. The van der Waals surface area contributed by atoms with Crippen LogP contribution in [0.5, 0.6) is 5.75 Å². The van der Waals surface area contributed by atoms with E-state index < -0.39 is 5.41 Å². The Morgan fingerprint density at radius 1 is 1.05 bits per heavy atom. The van der Waals surface area contributed by atoms with Crippen molar-refractivity contribution >= 4 is 34.6 Å². The second-order valence-electron chi connectivity index (χ2n) is 11.0. The Bertz CT molecular complexity index is 1550. The lowest BCUT2D eigenvalue weighted by atomic mass is 9.95. The van der Waals surface area contributed by atoms with E-state index in [-0.39, 0.29) is 18.0 Å². The number of hydrogen-bond donors (Lipinski definition) is 2. The Labute approximate surface area is 240 Å². The fourth-order valence-electron chi connectivity index (χ4n) is 5.16. The van der Waals surface area contributed by atoms with Crippen LogP contribution in [0.15, 0.2) is 73.2 Å². The highest BCUT2D eigenvalue weighted by Crippen LogP contribution is 2.45. The van der Waals surface area contributed by atoms with Crippen LogP contribution in [-0.4, -0.2) is 32.7 Å². The Kier molecular flexibility index (Phi) is 7.33. The van der Waals surface area contributed by atoms with Gasteiger partial charge in [0.1, 0.15) is 5.75 Å². The van der Waals surface area contributed by atoms with Crippen LogP contribution in [0.1, 0.15) is 55.5 Å². The first kappa shape index (κ1) is 27.3. The zero-order valence-electron chi connectivity index (χ0n) is 23.6. The number of ether oxygens (including phenoxy) is 1. The lowest BCUT2D eigenvalue weighted by Gasteiger charge is -2.29. The number of carbonyl (C=O) groups excluding carboxylic acids is 1. The molecule has 9 heteroatoms. The van der Waals surface area contributed by atoms with Gasteiger partial charge in [-0.15, -0.1) is 0 Å². The van der Waals surface area contributed by atoms with Crippen LogP contribution >= 0.6 is 12.2 Å². The molecule has 1 aliphatic heterocycles. The Hall–Kier alpha value is -4.24. The fourth-order valence-corrected chi connectivity index (χ4v) is 5.51. The molecule has 206 valence electrons. The van der Waals surface area contributed by atoms with Crippen LogP contribution in [-0.2, 0) is 4.79 Å². The number of anilines is 2. The molecule has 1 aromatic carbocycles. The maximum atomic E-state index is 12.7. The molecule has 1 fully saturated rings. The lowest BCUT2D eigenvalue weighted by Crippen LogP contribution is -2.30. The van der Waals surface area contributed by atoms with E-state index in [4.69, 9.17) is 17.0 Å². The number of thiocarbonyl (C=S) groups is 1. The summed E-state index contributed by atoms with van der Waals surface area (Å²) in [6, 6.07) is 17.5. The molecule has 0 spiro atoms. The first-order valence-electron chi connectivity index (χ1n) is 13.2. The smallest absolute Gasteiger partial charge is 0.229 e. The summed E-state index contributed by atoms with van der Waals surface area (Å²) in [5.74, 6) is 0.464. The number of nitrogens with one attached hydrogen (secondary N) is 2. The summed E-state index contributed by atoms with van der Waals surface area (Å²) in [6.45, 7) is 9.85. The van der Waals surface area contributed by atoms with Crippen LogP contribution in [0, 0.1) is 19.3 Å². The normalized spacial score (nSPS) is 17.1. The zero-order chi connectivity index (χ0) is 28.6. The van der Waals surface area contributed by atoms with Crippen LogP contribution in [0.25, 0.3) is 5.69 Å². The zero-order valence-corrected chi connectivity index (χ0v) is 24.4. The van der Waals surface area contributed by atoms with Crippen molar-refractivity contribution in [1.29, 1.82) is 0 Å². The Morgan fingerprint density at radius 3 is 2.50 bits per heavy atom. The molecule has 0 radical (unpaired) electrons. The van der Waals surface area contributed by atoms with Crippen molar-refractivity contribution in [1.82, 2.24) is 19.9 Å². The summed E-state index contributed by atoms with van der Waals surface area (Å²) in [6.07, 6.45) is 5.44. The van der Waals surface area contributed by atoms with Gasteiger partial charge in [-0.05, 0) is 74.1 Å². The Balaban J connectivity index is 1.62. The van der Waals surface area contributed by atoms with E-state index in [1.807, 2.05) is 69.4 Å². The predicted molar refractivity (Wildman–Crippen MR) is 162 cm³/mol. The summed E-state index contributed by atoms with van der Waals surface area (Å²) >= 11 is 5.94.